The molecule has 6 nitrogen and oxygen atoms in total. The lowest BCUT2D eigenvalue weighted by atomic mass is 10.2. The summed E-state index contributed by atoms with van der Waals surface area (Å²) < 4.78 is 0. The van der Waals surface area contributed by atoms with Crippen LogP contribution in [0.25, 0.3) is 0 Å². The molecule has 1 aromatic carbocycles. The third kappa shape index (κ3) is 7.15. The first kappa shape index (κ1) is 17.1. The standard InChI is InChI=1S/C12H19N5O.ClH/c1-8(2)7-15-11(13)16-9-4-3-5-10(6-9)17-12(14)18;/h3-6,8H,7H2,1-2H3,(H3,13,15,16)(H3,14,17,18);1H. The molecular formula is C12H20ClN5O. The maximum atomic E-state index is 10.7. The van der Waals surface area contributed by atoms with Crippen LogP contribution in [-0.4, -0.2) is 18.5 Å². The Bertz CT molecular complexity index is 448. The Morgan fingerprint density at radius 2 is 1.84 bits per heavy atom. The van der Waals surface area contributed by atoms with Gasteiger partial charge in [0.2, 0.25) is 0 Å². The number of carbonyl (C=O) groups excluding carboxylic acids is 1. The summed E-state index contributed by atoms with van der Waals surface area (Å²) in [6.45, 7) is 4.79. The molecule has 0 aliphatic heterocycles. The van der Waals surface area contributed by atoms with Crippen LogP contribution >= 0.6 is 12.4 Å². The first-order chi connectivity index (χ1) is 8.47. The fourth-order valence-corrected chi connectivity index (χ4v) is 1.29. The number of nitrogens with two attached hydrogens (primary N) is 2. The van der Waals surface area contributed by atoms with Crippen molar-refractivity contribution in [2.24, 2.45) is 22.4 Å². The monoisotopic (exact) mass is 285 g/mol. The average molecular weight is 286 g/mol. The molecular weight excluding hydrogens is 266 g/mol. The van der Waals surface area contributed by atoms with Gasteiger partial charge in [-0.2, -0.15) is 0 Å². The summed E-state index contributed by atoms with van der Waals surface area (Å²) in [5.74, 6) is 0.799. The van der Waals surface area contributed by atoms with Crippen molar-refractivity contribution in [3.63, 3.8) is 0 Å². The van der Waals surface area contributed by atoms with E-state index < -0.39 is 6.03 Å². The van der Waals surface area contributed by atoms with Crippen molar-refractivity contribution >= 4 is 35.8 Å². The van der Waals surface area contributed by atoms with Crippen molar-refractivity contribution in [3.8, 4) is 0 Å². The van der Waals surface area contributed by atoms with E-state index in [1.165, 1.54) is 0 Å². The van der Waals surface area contributed by atoms with Crippen LogP contribution in [-0.2, 0) is 0 Å². The second-order valence-corrected chi connectivity index (χ2v) is 4.31. The number of hydrogen-bond acceptors (Lipinski definition) is 2. The van der Waals surface area contributed by atoms with Gasteiger partial charge in [-0.3, -0.25) is 4.99 Å². The van der Waals surface area contributed by atoms with E-state index in [0.29, 0.717) is 24.1 Å². The van der Waals surface area contributed by atoms with Gasteiger partial charge in [0, 0.05) is 17.9 Å². The molecule has 0 radical (unpaired) electrons. The van der Waals surface area contributed by atoms with Crippen molar-refractivity contribution in [2.75, 3.05) is 17.2 Å². The van der Waals surface area contributed by atoms with E-state index in [9.17, 15) is 4.79 Å². The Hall–Kier alpha value is -1.95. The third-order valence-electron chi connectivity index (χ3n) is 2.03. The largest absolute Gasteiger partial charge is 0.370 e. The lowest BCUT2D eigenvalue weighted by Crippen LogP contribution is -2.23. The first-order valence-corrected chi connectivity index (χ1v) is 5.71. The van der Waals surface area contributed by atoms with Gasteiger partial charge in [0.05, 0.1) is 0 Å². The van der Waals surface area contributed by atoms with Crippen molar-refractivity contribution in [2.45, 2.75) is 13.8 Å². The van der Waals surface area contributed by atoms with Gasteiger partial charge in [0.15, 0.2) is 5.96 Å². The van der Waals surface area contributed by atoms with Crippen molar-refractivity contribution in [1.29, 1.82) is 0 Å². The van der Waals surface area contributed by atoms with Gasteiger partial charge in [-0.15, -0.1) is 12.4 Å². The van der Waals surface area contributed by atoms with E-state index in [1.54, 1.807) is 18.2 Å². The zero-order chi connectivity index (χ0) is 13.5. The fourth-order valence-electron chi connectivity index (χ4n) is 1.29. The maximum Gasteiger partial charge on any atom is 0.316 e. The zero-order valence-corrected chi connectivity index (χ0v) is 11.8. The molecule has 1 rings (SSSR count). The predicted octanol–water partition coefficient (Wildman–Crippen LogP) is 1.98. The third-order valence-corrected chi connectivity index (χ3v) is 2.03. The lowest BCUT2D eigenvalue weighted by molar-refractivity contribution is 0.259. The van der Waals surface area contributed by atoms with Gasteiger partial charge >= 0.3 is 6.03 Å². The second kappa shape index (κ2) is 8.20. The summed E-state index contributed by atoms with van der Waals surface area (Å²) in [5.41, 5.74) is 12.1. The van der Waals surface area contributed by atoms with Gasteiger partial charge in [-0.1, -0.05) is 19.9 Å². The number of halogens is 1. The number of amides is 2. The number of hydrogen-bond donors (Lipinski definition) is 4. The SMILES string of the molecule is CC(C)CN=C(N)Nc1cccc(NC(N)=O)c1.Cl. The summed E-state index contributed by atoms with van der Waals surface area (Å²) >= 11 is 0. The Balaban J connectivity index is 0.00000324. The molecule has 0 aliphatic rings. The molecule has 19 heavy (non-hydrogen) atoms. The topological polar surface area (TPSA) is 106 Å². The Morgan fingerprint density at radius 1 is 1.26 bits per heavy atom. The lowest BCUT2D eigenvalue weighted by Gasteiger charge is -2.08. The summed E-state index contributed by atoms with van der Waals surface area (Å²) in [5, 5.41) is 5.43. The molecule has 0 atom stereocenters. The summed E-state index contributed by atoms with van der Waals surface area (Å²) in [6, 6.07) is 6.46. The summed E-state index contributed by atoms with van der Waals surface area (Å²) in [7, 11) is 0. The van der Waals surface area contributed by atoms with E-state index in [0.717, 1.165) is 5.69 Å². The number of carbonyl (C=O) groups is 1. The number of nitrogens with zero attached hydrogens (tertiary/aromatic N) is 1. The number of aliphatic imine (C=N–C) groups is 1. The van der Waals surface area contributed by atoms with Crippen LogP contribution in [0.5, 0.6) is 0 Å². The normalized spacial score (nSPS) is 10.8. The van der Waals surface area contributed by atoms with Crippen molar-refractivity contribution in [1.82, 2.24) is 0 Å². The van der Waals surface area contributed by atoms with E-state index in [4.69, 9.17) is 11.5 Å². The molecule has 0 saturated heterocycles. The molecule has 7 heteroatoms. The Kier molecular flexibility index (Phi) is 7.36. The van der Waals surface area contributed by atoms with Crippen molar-refractivity contribution < 1.29 is 4.79 Å². The highest BCUT2D eigenvalue weighted by Gasteiger charge is 1.99. The van der Waals surface area contributed by atoms with Gasteiger partial charge in [0.1, 0.15) is 0 Å². The van der Waals surface area contributed by atoms with Crippen molar-refractivity contribution in [3.05, 3.63) is 24.3 Å². The highest BCUT2D eigenvalue weighted by atomic mass is 35.5. The second-order valence-electron chi connectivity index (χ2n) is 4.31. The zero-order valence-electron chi connectivity index (χ0n) is 11.0. The molecule has 0 aliphatic carbocycles. The van der Waals surface area contributed by atoms with Crippen LogP contribution < -0.4 is 22.1 Å². The van der Waals surface area contributed by atoms with E-state index in [-0.39, 0.29) is 12.4 Å². The molecule has 2 amide bonds. The first-order valence-electron chi connectivity index (χ1n) is 5.71. The number of primary amides is 1. The van der Waals surface area contributed by atoms with Crippen LogP contribution in [0.15, 0.2) is 29.3 Å². The smallest absolute Gasteiger partial charge is 0.316 e. The molecule has 0 bridgehead atoms. The van der Waals surface area contributed by atoms with E-state index >= 15 is 0 Å². The Morgan fingerprint density at radius 3 is 2.37 bits per heavy atom. The highest BCUT2D eigenvalue weighted by Crippen LogP contribution is 2.14. The molecule has 106 valence electrons. The van der Waals surface area contributed by atoms with Crippen LogP contribution in [0, 0.1) is 5.92 Å². The number of guanidine groups is 1. The molecule has 0 unspecified atom stereocenters. The van der Waals surface area contributed by atoms with Crippen LogP contribution in [0.4, 0.5) is 16.2 Å². The van der Waals surface area contributed by atoms with Gasteiger partial charge in [0.25, 0.3) is 0 Å². The average Bonchev–Trinajstić information content (AvgIpc) is 2.26. The van der Waals surface area contributed by atoms with Gasteiger partial charge < -0.3 is 22.1 Å². The summed E-state index contributed by atoms with van der Waals surface area (Å²) in [4.78, 5) is 14.9. The number of anilines is 2. The minimum absolute atomic E-state index is 0. The van der Waals surface area contributed by atoms with E-state index in [2.05, 4.69) is 29.5 Å². The van der Waals surface area contributed by atoms with Gasteiger partial charge in [-0.05, 0) is 24.1 Å². The van der Waals surface area contributed by atoms with Gasteiger partial charge in [-0.25, -0.2) is 4.79 Å². The molecule has 0 heterocycles. The number of rotatable bonds is 4. The highest BCUT2D eigenvalue weighted by molar-refractivity contribution is 5.94. The molecule has 6 N–H and O–H groups in total. The summed E-state index contributed by atoms with van der Waals surface area (Å²) in [6.07, 6.45) is 0. The van der Waals surface area contributed by atoms with Crippen LogP contribution in [0.3, 0.4) is 0 Å². The molecule has 0 saturated carbocycles. The van der Waals surface area contributed by atoms with Crippen LogP contribution in [0.2, 0.25) is 0 Å². The predicted molar refractivity (Wildman–Crippen MR) is 81.8 cm³/mol. The molecule has 1 aromatic rings. The minimum Gasteiger partial charge on any atom is -0.370 e. The number of benzene rings is 1. The number of nitrogens with one attached hydrogen (secondary N) is 2. The maximum absolute atomic E-state index is 10.7. The molecule has 0 spiro atoms. The minimum atomic E-state index is -0.603. The molecule has 0 fully saturated rings. The quantitative estimate of drug-likeness (QED) is 0.502. The molecule has 0 aromatic heterocycles. The fraction of sp³-hybridized carbons (Fsp3) is 0.333. The van der Waals surface area contributed by atoms with E-state index in [1.807, 2.05) is 6.07 Å². The van der Waals surface area contributed by atoms with Crippen LogP contribution in [0.1, 0.15) is 13.8 Å². The Labute approximate surface area is 119 Å². The number of urea groups is 1.